The summed E-state index contributed by atoms with van der Waals surface area (Å²) >= 11 is 5.94. The van der Waals surface area contributed by atoms with Gasteiger partial charge in [0, 0.05) is 56.7 Å². The van der Waals surface area contributed by atoms with E-state index in [9.17, 15) is 8.42 Å². The Morgan fingerprint density at radius 2 is 1.89 bits per heavy atom. The van der Waals surface area contributed by atoms with Crippen LogP contribution in [0.2, 0.25) is 5.02 Å². The first-order valence-electron chi connectivity index (χ1n) is 12.3. The van der Waals surface area contributed by atoms with Gasteiger partial charge in [0.2, 0.25) is 5.88 Å². The number of hydrogen-bond acceptors (Lipinski definition) is 7. The molecule has 11 heteroatoms. The average Bonchev–Trinajstić information content (AvgIpc) is 2.84. The van der Waals surface area contributed by atoms with Gasteiger partial charge in [-0.2, -0.15) is 0 Å². The van der Waals surface area contributed by atoms with Gasteiger partial charge in [0.1, 0.15) is 5.82 Å². The zero-order valence-electron chi connectivity index (χ0n) is 20.5. The summed E-state index contributed by atoms with van der Waals surface area (Å²) in [5, 5.41) is 0.152. The fourth-order valence-electron chi connectivity index (χ4n) is 4.77. The van der Waals surface area contributed by atoms with E-state index in [1.54, 1.807) is 6.07 Å². The molecular weight excluding hydrogens is 517 g/mol. The Morgan fingerprint density at radius 1 is 1.11 bits per heavy atom. The van der Waals surface area contributed by atoms with Crippen LogP contribution in [0.1, 0.15) is 24.8 Å². The molecule has 3 heterocycles. The molecule has 0 spiro atoms. The van der Waals surface area contributed by atoms with Crippen LogP contribution >= 0.6 is 11.6 Å². The van der Waals surface area contributed by atoms with E-state index >= 15 is 4.39 Å². The Bertz CT molecular complexity index is 1380. The molecule has 2 aliphatic rings. The third-order valence-electron chi connectivity index (χ3n) is 6.99. The number of aromatic nitrogens is 2. The monoisotopic (exact) mass is 545 g/mol. The molecule has 8 nitrogen and oxygen atoms in total. The van der Waals surface area contributed by atoms with E-state index in [1.807, 2.05) is 6.07 Å². The number of ether oxygens (including phenoxy) is 1. The molecule has 5 rings (SSSR count). The molecule has 1 N–H and O–H groups in total. The minimum atomic E-state index is -4.07. The van der Waals surface area contributed by atoms with Gasteiger partial charge in [-0.3, -0.25) is 19.5 Å². The molecule has 2 aromatic heterocycles. The first-order chi connectivity index (χ1) is 17.8. The quantitative estimate of drug-likeness (QED) is 0.448. The van der Waals surface area contributed by atoms with Crippen molar-refractivity contribution in [1.29, 1.82) is 0 Å². The van der Waals surface area contributed by atoms with Crippen LogP contribution in [0.25, 0.3) is 11.3 Å². The predicted molar refractivity (Wildman–Crippen MR) is 141 cm³/mol. The van der Waals surface area contributed by atoms with E-state index in [2.05, 4.69) is 24.5 Å². The van der Waals surface area contributed by atoms with Crippen LogP contribution in [0.3, 0.4) is 0 Å². The number of nitrogens with one attached hydrogen (secondary N) is 1. The molecule has 1 saturated heterocycles. The molecule has 0 amide bonds. The molecule has 0 unspecified atom stereocenters. The van der Waals surface area contributed by atoms with Crippen molar-refractivity contribution in [2.75, 3.05) is 38.0 Å². The second kappa shape index (κ2) is 10.9. The van der Waals surface area contributed by atoms with Crippen molar-refractivity contribution in [2.45, 2.75) is 36.7 Å². The third-order valence-corrected chi connectivity index (χ3v) is 8.58. The van der Waals surface area contributed by atoms with E-state index in [0.29, 0.717) is 17.8 Å². The SMILES string of the molecule is COc1ncc(Cl)cc1S(=O)(=O)Nc1ccnc(-c2ccc(CN3CCN(C4CCC4)CC3)cc2F)c1. The molecule has 2 fully saturated rings. The summed E-state index contributed by atoms with van der Waals surface area (Å²) in [6.07, 6.45) is 6.69. The highest BCUT2D eigenvalue weighted by Gasteiger charge is 2.28. The van der Waals surface area contributed by atoms with Gasteiger partial charge in [-0.1, -0.05) is 24.1 Å². The normalized spacial score (nSPS) is 17.4. The summed E-state index contributed by atoms with van der Waals surface area (Å²) in [4.78, 5) is 12.9. The van der Waals surface area contributed by atoms with Crippen molar-refractivity contribution in [2.24, 2.45) is 0 Å². The molecule has 1 saturated carbocycles. The van der Waals surface area contributed by atoms with Gasteiger partial charge in [0.05, 0.1) is 23.5 Å². The number of benzene rings is 1. The van der Waals surface area contributed by atoms with Crippen LogP contribution in [0, 0.1) is 5.82 Å². The number of nitrogens with zero attached hydrogens (tertiary/aromatic N) is 4. The Kier molecular flexibility index (Phi) is 7.62. The largest absolute Gasteiger partial charge is 0.480 e. The lowest BCUT2D eigenvalue weighted by Crippen LogP contribution is -2.51. The predicted octanol–water partition coefficient (Wildman–Crippen LogP) is 4.42. The Labute approximate surface area is 221 Å². The molecular formula is C26H29ClFN5O3S. The van der Waals surface area contributed by atoms with Gasteiger partial charge in [-0.15, -0.1) is 0 Å². The highest BCUT2D eigenvalue weighted by Crippen LogP contribution is 2.29. The second-order valence-electron chi connectivity index (χ2n) is 9.41. The van der Waals surface area contributed by atoms with Gasteiger partial charge in [-0.25, -0.2) is 17.8 Å². The summed E-state index contributed by atoms with van der Waals surface area (Å²) in [7, 11) is -2.75. The molecule has 1 aromatic carbocycles. The van der Waals surface area contributed by atoms with Crippen molar-refractivity contribution < 1.29 is 17.5 Å². The van der Waals surface area contributed by atoms with Crippen molar-refractivity contribution in [3.8, 4) is 17.1 Å². The summed E-state index contributed by atoms with van der Waals surface area (Å²) in [5.41, 5.74) is 1.73. The average molecular weight is 546 g/mol. The van der Waals surface area contributed by atoms with E-state index in [-0.39, 0.29) is 21.5 Å². The van der Waals surface area contributed by atoms with E-state index in [1.165, 1.54) is 63.0 Å². The number of piperazine rings is 1. The highest BCUT2D eigenvalue weighted by atomic mass is 35.5. The maximum Gasteiger partial charge on any atom is 0.267 e. The lowest BCUT2D eigenvalue weighted by Gasteiger charge is -2.43. The fraction of sp³-hybridized carbons (Fsp3) is 0.385. The second-order valence-corrected chi connectivity index (χ2v) is 11.5. The lowest BCUT2D eigenvalue weighted by atomic mass is 9.91. The molecule has 37 heavy (non-hydrogen) atoms. The van der Waals surface area contributed by atoms with Gasteiger partial charge in [-0.05, 0) is 48.7 Å². The van der Waals surface area contributed by atoms with Gasteiger partial charge < -0.3 is 4.74 Å². The fourth-order valence-corrected chi connectivity index (χ4v) is 6.18. The van der Waals surface area contributed by atoms with Gasteiger partial charge in [0.25, 0.3) is 10.0 Å². The molecule has 3 aromatic rings. The maximum atomic E-state index is 15.1. The van der Waals surface area contributed by atoms with Crippen LogP contribution in [0.5, 0.6) is 5.88 Å². The van der Waals surface area contributed by atoms with E-state index in [0.717, 1.165) is 37.8 Å². The number of anilines is 1. The van der Waals surface area contributed by atoms with E-state index in [4.69, 9.17) is 16.3 Å². The molecule has 196 valence electrons. The Balaban J connectivity index is 1.28. The first kappa shape index (κ1) is 25.8. The molecule has 1 aliphatic carbocycles. The number of methoxy groups -OCH3 is 1. The number of hydrogen-bond donors (Lipinski definition) is 1. The van der Waals surface area contributed by atoms with Crippen LogP contribution in [-0.4, -0.2) is 67.5 Å². The molecule has 1 aliphatic heterocycles. The van der Waals surface area contributed by atoms with Crippen LogP contribution in [-0.2, 0) is 16.6 Å². The first-order valence-corrected chi connectivity index (χ1v) is 14.1. The number of halogens is 2. The number of rotatable bonds is 8. The number of pyridine rings is 2. The molecule has 0 bridgehead atoms. The van der Waals surface area contributed by atoms with Crippen molar-refractivity contribution in [3.05, 3.63) is 65.2 Å². The smallest absolute Gasteiger partial charge is 0.267 e. The zero-order valence-corrected chi connectivity index (χ0v) is 22.1. The summed E-state index contributed by atoms with van der Waals surface area (Å²) in [6.45, 7) is 4.79. The maximum absolute atomic E-state index is 15.1. The van der Waals surface area contributed by atoms with Crippen LogP contribution < -0.4 is 9.46 Å². The molecule has 0 atom stereocenters. The topological polar surface area (TPSA) is 87.7 Å². The van der Waals surface area contributed by atoms with Gasteiger partial charge >= 0.3 is 0 Å². The zero-order chi connectivity index (χ0) is 26.0. The van der Waals surface area contributed by atoms with Crippen molar-refractivity contribution in [3.63, 3.8) is 0 Å². The Morgan fingerprint density at radius 3 is 2.57 bits per heavy atom. The highest BCUT2D eigenvalue weighted by molar-refractivity contribution is 7.92. The van der Waals surface area contributed by atoms with Gasteiger partial charge in [0.15, 0.2) is 4.90 Å². The van der Waals surface area contributed by atoms with Crippen LogP contribution in [0.4, 0.5) is 10.1 Å². The minimum Gasteiger partial charge on any atom is -0.480 e. The Hall–Kier alpha value is -2.79. The number of sulfonamides is 1. The summed E-state index contributed by atoms with van der Waals surface area (Å²) in [6, 6.07) is 10.1. The minimum absolute atomic E-state index is 0.0859. The van der Waals surface area contributed by atoms with E-state index < -0.39 is 15.8 Å². The van der Waals surface area contributed by atoms with Crippen molar-refractivity contribution in [1.82, 2.24) is 19.8 Å². The standard InChI is InChI=1S/C26H29ClFN5O3S/c1-36-26-25(14-19(27)16-30-26)37(34,35)31-20-7-8-29-24(15-20)22-6-5-18(13-23(22)28)17-32-9-11-33(12-10-32)21-3-2-4-21/h5-8,13-16,21H,2-4,9-12,17H2,1H3,(H,29,31). The van der Waals surface area contributed by atoms with Crippen molar-refractivity contribution >= 4 is 27.3 Å². The third kappa shape index (κ3) is 5.87. The van der Waals surface area contributed by atoms with Crippen LogP contribution in [0.15, 0.2) is 53.7 Å². The summed E-state index contributed by atoms with van der Waals surface area (Å²) in [5.74, 6) is -0.490. The summed E-state index contributed by atoms with van der Waals surface area (Å²) < 4.78 is 48.6. The lowest BCUT2D eigenvalue weighted by molar-refractivity contribution is 0.0587. The molecule has 0 radical (unpaired) electrons.